The van der Waals surface area contributed by atoms with E-state index in [0.717, 1.165) is 17.1 Å². The summed E-state index contributed by atoms with van der Waals surface area (Å²) in [5.74, 6) is -0.910. The lowest BCUT2D eigenvalue weighted by Gasteiger charge is -2.44. The minimum absolute atomic E-state index is 0.125. The van der Waals surface area contributed by atoms with E-state index in [1.165, 1.54) is 16.7 Å². The van der Waals surface area contributed by atoms with Crippen molar-refractivity contribution >= 4 is 23.6 Å². The zero-order valence-corrected chi connectivity index (χ0v) is 11.2. The normalized spacial score (nSPS) is 28.2. The molecule has 0 radical (unpaired) electrons. The molecule has 0 saturated carbocycles. The Hall–Kier alpha value is -1.01. The maximum Gasteiger partial charge on any atom is 0.353 e. The van der Waals surface area contributed by atoms with Gasteiger partial charge in [-0.15, -0.1) is 11.8 Å². The van der Waals surface area contributed by atoms with Crippen LogP contribution in [0.1, 0.15) is 26.7 Å². The van der Waals surface area contributed by atoms with Gasteiger partial charge in [-0.25, -0.2) is 4.79 Å². The van der Waals surface area contributed by atoms with Crippen LogP contribution in [0.25, 0.3) is 0 Å². The summed E-state index contributed by atoms with van der Waals surface area (Å²) in [5.41, 5.74) is 0.125. The van der Waals surface area contributed by atoms with Gasteiger partial charge in [0.15, 0.2) is 0 Å². The van der Waals surface area contributed by atoms with E-state index in [9.17, 15) is 19.8 Å². The number of fused-ring (bicyclic) bond motifs is 1. The van der Waals surface area contributed by atoms with Gasteiger partial charge in [-0.05, 0) is 19.1 Å². The van der Waals surface area contributed by atoms with Gasteiger partial charge in [-0.3, -0.25) is 4.79 Å². The number of amides is 1. The third-order valence-electron chi connectivity index (χ3n) is 3.37. The zero-order chi connectivity index (χ0) is 13.4. The smallest absolute Gasteiger partial charge is 0.353 e. The number of aliphatic carboxylic acids is 1. The maximum atomic E-state index is 11.9. The number of carbonyl (C=O) groups excluding carboxylic acids is 1. The van der Waals surface area contributed by atoms with E-state index in [2.05, 4.69) is 0 Å². The van der Waals surface area contributed by atoms with Crippen molar-refractivity contribution in [3.8, 4) is 0 Å². The fourth-order valence-corrected chi connectivity index (χ4v) is 3.65. The van der Waals surface area contributed by atoms with E-state index in [1.807, 2.05) is 6.92 Å². The van der Waals surface area contributed by atoms with Gasteiger partial charge in [0.25, 0.3) is 0 Å². The van der Waals surface area contributed by atoms with Crippen LogP contribution in [0.5, 0.6) is 0 Å². The quantitative estimate of drug-likeness (QED) is 0.730. The Labute approximate surface area is 110 Å². The summed E-state index contributed by atoms with van der Waals surface area (Å²) in [6.45, 7) is 3.61. The third kappa shape index (κ3) is 1.93. The van der Waals surface area contributed by atoms with Crippen LogP contribution < -0.4 is 0 Å². The van der Waals surface area contributed by atoms with Gasteiger partial charge >= 0.3 is 5.97 Å². The molecule has 0 bridgehead atoms. The molecule has 0 aromatic rings. The van der Waals surface area contributed by atoms with Crippen LogP contribution in [0.15, 0.2) is 10.6 Å². The van der Waals surface area contributed by atoms with Crippen LogP contribution in [0, 0.1) is 5.92 Å². The second kappa shape index (κ2) is 4.93. The Bertz CT molecular complexity index is 418. The summed E-state index contributed by atoms with van der Waals surface area (Å²) in [5, 5.41) is 18.8. The number of nitrogens with zero attached hydrogens (tertiary/aromatic N) is 1. The average Bonchev–Trinajstić information content (AvgIpc) is 2.60. The van der Waals surface area contributed by atoms with Gasteiger partial charge < -0.3 is 15.1 Å². The Morgan fingerprint density at radius 3 is 2.78 bits per heavy atom. The van der Waals surface area contributed by atoms with Crippen molar-refractivity contribution < 1.29 is 19.8 Å². The molecule has 1 fully saturated rings. The van der Waals surface area contributed by atoms with Crippen LogP contribution >= 0.6 is 11.8 Å². The lowest BCUT2D eigenvalue weighted by atomic mass is 9.83. The molecule has 2 rings (SSSR count). The first-order chi connectivity index (χ1) is 8.49. The third-order valence-corrected chi connectivity index (χ3v) is 4.69. The fraction of sp³-hybridized carbons (Fsp3) is 0.667. The first kappa shape index (κ1) is 13.4. The molecule has 0 aromatic carbocycles. The molecule has 1 amide bonds. The Morgan fingerprint density at radius 2 is 2.28 bits per heavy atom. The molecule has 2 N–H and O–H groups in total. The van der Waals surface area contributed by atoms with Gasteiger partial charge in [0.2, 0.25) is 5.91 Å². The highest BCUT2D eigenvalue weighted by molar-refractivity contribution is 8.03. The van der Waals surface area contributed by atoms with Crippen LogP contribution in [-0.2, 0) is 9.59 Å². The van der Waals surface area contributed by atoms with Crippen molar-refractivity contribution in [2.75, 3.05) is 5.75 Å². The highest BCUT2D eigenvalue weighted by Gasteiger charge is 2.56. The molecule has 2 aliphatic heterocycles. The number of thioether (sulfide) groups is 1. The molecule has 18 heavy (non-hydrogen) atoms. The molecular formula is C12H17NO4S. The topological polar surface area (TPSA) is 77.8 Å². The second-order valence-electron chi connectivity index (χ2n) is 4.67. The van der Waals surface area contributed by atoms with Crippen molar-refractivity contribution in [2.24, 2.45) is 5.92 Å². The fourth-order valence-electron chi connectivity index (χ4n) is 2.59. The SMILES string of the molecule is CCCSC1=C(C(=O)O)N2C(=O)[C@@H]([C@H](C)O)[C@H]2C1. The number of carboxylic acids is 1. The van der Waals surface area contributed by atoms with Gasteiger partial charge in [0.05, 0.1) is 18.1 Å². The molecule has 0 aromatic heterocycles. The van der Waals surface area contributed by atoms with E-state index in [-0.39, 0.29) is 17.6 Å². The van der Waals surface area contributed by atoms with Gasteiger partial charge in [-0.2, -0.15) is 0 Å². The largest absolute Gasteiger partial charge is 0.477 e. The standard InChI is InChI=1S/C12H17NO4S/c1-3-4-18-8-5-7-9(6(2)14)11(15)13(7)10(8)12(16)17/h6-7,9,14H,3-5H2,1-2H3,(H,16,17)/t6-,7+,9-/m0/s1. The number of aliphatic hydroxyl groups excluding tert-OH is 1. The number of β-lactam (4-membered cyclic amide) rings is 1. The number of carboxylic acid groups (broad SMARTS) is 1. The van der Waals surface area contributed by atoms with Crippen LogP contribution in [-0.4, -0.2) is 44.9 Å². The first-order valence-electron chi connectivity index (χ1n) is 6.09. The minimum Gasteiger partial charge on any atom is -0.477 e. The molecule has 2 aliphatic rings. The zero-order valence-electron chi connectivity index (χ0n) is 10.4. The summed E-state index contributed by atoms with van der Waals surface area (Å²) in [4.78, 5) is 25.3. The monoisotopic (exact) mass is 271 g/mol. The van der Waals surface area contributed by atoms with Crippen molar-refractivity contribution in [1.29, 1.82) is 0 Å². The maximum absolute atomic E-state index is 11.9. The summed E-state index contributed by atoms with van der Waals surface area (Å²) >= 11 is 1.51. The molecule has 1 saturated heterocycles. The lowest BCUT2D eigenvalue weighted by Crippen LogP contribution is -2.61. The molecule has 5 nitrogen and oxygen atoms in total. The second-order valence-corrected chi connectivity index (χ2v) is 5.86. The Kier molecular flexibility index (Phi) is 3.68. The van der Waals surface area contributed by atoms with Crippen molar-refractivity contribution in [1.82, 2.24) is 4.90 Å². The molecule has 2 heterocycles. The van der Waals surface area contributed by atoms with E-state index < -0.39 is 18.0 Å². The van der Waals surface area contributed by atoms with E-state index >= 15 is 0 Å². The molecule has 6 heteroatoms. The summed E-state index contributed by atoms with van der Waals surface area (Å²) in [6.07, 6.45) is 0.803. The van der Waals surface area contributed by atoms with Crippen LogP contribution in [0.4, 0.5) is 0 Å². The number of aliphatic hydroxyl groups is 1. The first-order valence-corrected chi connectivity index (χ1v) is 7.08. The van der Waals surface area contributed by atoms with Crippen molar-refractivity contribution in [2.45, 2.75) is 38.8 Å². The predicted molar refractivity (Wildman–Crippen MR) is 67.8 cm³/mol. The number of hydrogen-bond acceptors (Lipinski definition) is 4. The Morgan fingerprint density at radius 1 is 1.61 bits per heavy atom. The van der Waals surface area contributed by atoms with E-state index in [1.54, 1.807) is 6.92 Å². The molecule has 0 spiro atoms. The molecule has 0 aliphatic carbocycles. The number of carbonyl (C=O) groups is 2. The molecule has 0 unspecified atom stereocenters. The highest BCUT2D eigenvalue weighted by atomic mass is 32.2. The van der Waals surface area contributed by atoms with E-state index in [4.69, 9.17) is 0 Å². The van der Waals surface area contributed by atoms with Crippen LogP contribution in [0.3, 0.4) is 0 Å². The van der Waals surface area contributed by atoms with Crippen molar-refractivity contribution in [3.63, 3.8) is 0 Å². The number of rotatable bonds is 5. The van der Waals surface area contributed by atoms with Crippen molar-refractivity contribution in [3.05, 3.63) is 10.6 Å². The minimum atomic E-state index is -1.05. The van der Waals surface area contributed by atoms with Gasteiger partial charge in [-0.1, -0.05) is 6.92 Å². The predicted octanol–water partition coefficient (Wildman–Crippen LogP) is 1.04. The average molecular weight is 271 g/mol. The number of hydrogen-bond donors (Lipinski definition) is 2. The van der Waals surface area contributed by atoms with E-state index in [0.29, 0.717) is 6.42 Å². The van der Waals surface area contributed by atoms with Gasteiger partial charge in [0.1, 0.15) is 5.70 Å². The molecular weight excluding hydrogens is 254 g/mol. The molecule has 100 valence electrons. The summed E-state index contributed by atoms with van der Waals surface area (Å²) < 4.78 is 0. The lowest BCUT2D eigenvalue weighted by molar-refractivity contribution is -0.161. The summed E-state index contributed by atoms with van der Waals surface area (Å²) in [6, 6.07) is -0.164. The molecule has 3 atom stereocenters. The van der Waals surface area contributed by atoms with Gasteiger partial charge in [0, 0.05) is 11.3 Å². The summed E-state index contributed by atoms with van der Waals surface area (Å²) in [7, 11) is 0. The van der Waals surface area contributed by atoms with Crippen LogP contribution in [0.2, 0.25) is 0 Å². The highest BCUT2D eigenvalue weighted by Crippen LogP contribution is 2.46. The Balaban J connectivity index is 2.21.